The summed E-state index contributed by atoms with van der Waals surface area (Å²) in [5.41, 5.74) is 1.23. The van der Waals surface area contributed by atoms with Crippen molar-refractivity contribution < 1.29 is 17.9 Å². The number of carbonyl (C=O) groups is 1. The molecule has 2 saturated heterocycles. The number of methoxy groups -OCH3 is 1. The van der Waals surface area contributed by atoms with E-state index in [0.29, 0.717) is 19.6 Å². The summed E-state index contributed by atoms with van der Waals surface area (Å²) in [6, 6.07) is 8.10. The molecule has 1 aromatic carbocycles. The van der Waals surface area contributed by atoms with Gasteiger partial charge in [0, 0.05) is 45.8 Å². The first-order valence-electron chi connectivity index (χ1n) is 9.96. The van der Waals surface area contributed by atoms with Gasteiger partial charge in [-0.1, -0.05) is 12.1 Å². The average Bonchev–Trinajstić information content (AvgIpc) is 2.93. The highest BCUT2D eigenvalue weighted by molar-refractivity contribution is 7.88. The summed E-state index contributed by atoms with van der Waals surface area (Å²) in [4.78, 5) is 17.3. The van der Waals surface area contributed by atoms with Crippen LogP contribution in [-0.4, -0.2) is 81.1 Å². The van der Waals surface area contributed by atoms with Crippen LogP contribution in [-0.2, 0) is 21.4 Å². The lowest BCUT2D eigenvalue weighted by atomic mass is 9.98. The van der Waals surface area contributed by atoms with Gasteiger partial charge in [-0.2, -0.15) is 0 Å². The molecular formula is C20H31N3O4S. The van der Waals surface area contributed by atoms with E-state index in [4.69, 9.17) is 4.74 Å². The third-order valence-electron chi connectivity index (χ3n) is 5.67. The third-order valence-corrected chi connectivity index (χ3v) is 6.94. The van der Waals surface area contributed by atoms with Gasteiger partial charge in [-0.05, 0) is 37.0 Å². The molecule has 2 aliphatic rings. The van der Waals surface area contributed by atoms with E-state index in [0.717, 1.165) is 51.2 Å². The SMILES string of the molecule is COc1ccc(CN2CCCN(C(=O)C3CCCN(S(C)(=O)=O)C3)CC2)cc1. The summed E-state index contributed by atoms with van der Waals surface area (Å²) in [7, 11) is -1.57. The van der Waals surface area contributed by atoms with Crippen LogP contribution in [0.1, 0.15) is 24.8 Å². The lowest BCUT2D eigenvalue weighted by Gasteiger charge is -2.33. The van der Waals surface area contributed by atoms with Gasteiger partial charge >= 0.3 is 0 Å². The number of nitrogens with zero attached hydrogens (tertiary/aromatic N) is 3. The second-order valence-electron chi connectivity index (χ2n) is 7.76. The molecule has 0 radical (unpaired) electrons. The van der Waals surface area contributed by atoms with Crippen LogP contribution in [0.2, 0.25) is 0 Å². The van der Waals surface area contributed by atoms with E-state index in [9.17, 15) is 13.2 Å². The Morgan fingerprint density at radius 2 is 1.82 bits per heavy atom. The van der Waals surface area contributed by atoms with Crippen LogP contribution in [0.15, 0.2) is 24.3 Å². The smallest absolute Gasteiger partial charge is 0.227 e. The Balaban J connectivity index is 1.54. The Hall–Kier alpha value is -1.64. The number of hydrogen-bond donors (Lipinski definition) is 0. The maximum Gasteiger partial charge on any atom is 0.227 e. The van der Waals surface area contributed by atoms with Crippen molar-refractivity contribution in [2.45, 2.75) is 25.8 Å². The molecule has 28 heavy (non-hydrogen) atoms. The molecular weight excluding hydrogens is 378 g/mol. The Labute approximate surface area is 168 Å². The highest BCUT2D eigenvalue weighted by Gasteiger charge is 2.33. The zero-order valence-electron chi connectivity index (χ0n) is 16.8. The first-order chi connectivity index (χ1) is 13.4. The summed E-state index contributed by atoms with van der Waals surface area (Å²) >= 11 is 0. The van der Waals surface area contributed by atoms with Crippen LogP contribution >= 0.6 is 0 Å². The Bertz CT molecular complexity index is 766. The van der Waals surface area contributed by atoms with E-state index in [2.05, 4.69) is 17.0 Å². The zero-order valence-corrected chi connectivity index (χ0v) is 17.7. The topological polar surface area (TPSA) is 70.2 Å². The van der Waals surface area contributed by atoms with Gasteiger partial charge in [-0.25, -0.2) is 12.7 Å². The van der Waals surface area contributed by atoms with Gasteiger partial charge in [0.15, 0.2) is 0 Å². The molecule has 2 heterocycles. The second kappa shape index (κ2) is 9.24. The highest BCUT2D eigenvalue weighted by Crippen LogP contribution is 2.22. The number of hydrogen-bond acceptors (Lipinski definition) is 5. The van der Waals surface area contributed by atoms with Crippen molar-refractivity contribution in [1.29, 1.82) is 0 Å². The molecule has 1 aromatic rings. The van der Waals surface area contributed by atoms with Crippen molar-refractivity contribution in [1.82, 2.24) is 14.1 Å². The van der Waals surface area contributed by atoms with Gasteiger partial charge in [0.2, 0.25) is 15.9 Å². The standard InChI is InChI=1S/C20H31N3O4S/c1-27-19-8-6-17(7-9-19)15-21-10-4-11-22(14-13-21)20(24)18-5-3-12-23(16-18)28(2,25)26/h6-9,18H,3-5,10-16H2,1-2H3. The van der Waals surface area contributed by atoms with Crippen molar-refractivity contribution in [3.63, 3.8) is 0 Å². The monoisotopic (exact) mass is 409 g/mol. The quantitative estimate of drug-likeness (QED) is 0.735. The van der Waals surface area contributed by atoms with Crippen molar-refractivity contribution in [2.75, 3.05) is 52.6 Å². The molecule has 0 aromatic heterocycles. The van der Waals surface area contributed by atoms with E-state index in [1.807, 2.05) is 17.0 Å². The number of sulfonamides is 1. The number of rotatable bonds is 5. The number of benzene rings is 1. The van der Waals surface area contributed by atoms with Crippen LogP contribution in [0, 0.1) is 5.92 Å². The average molecular weight is 410 g/mol. The maximum atomic E-state index is 13.0. The minimum Gasteiger partial charge on any atom is -0.497 e. The molecule has 7 nitrogen and oxygen atoms in total. The van der Waals surface area contributed by atoms with Crippen LogP contribution < -0.4 is 4.74 Å². The molecule has 2 aliphatic heterocycles. The summed E-state index contributed by atoms with van der Waals surface area (Å²) in [6.07, 6.45) is 3.69. The molecule has 156 valence electrons. The minimum absolute atomic E-state index is 0.111. The lowest BCUT2D eigenvalue weighted by molar-refractivity contribution is -0.136. The van der Waals surface area contributed by atoms with Gasteiger partial charge in [-0.15, -0.1) is 0 Å². The first-order valence-corrected chi connectivity index (χ1v) is 11.8. The van der Waals surface area contributed by atoms with Crippen LogP contribution in [0.5, 0.6) is 5.75 Å². The second-order valence-corrected chi connectivity index (χ2v) is 9.75. The van der Waals surface area contributed by atoms with Crippen molar-refractivity contribution in [3.05, 3.63) is 29.8 Å². The van der Waals surface area contributed by atoms with Gasteiger partial charge < -0.3 is 9.64 Å². The van der Waals surface area contributed by atoms with Gasteiger partial charge in [0.25, 0.3) is 0 Å². The summed E-state index contributed by atoms with van der Waals surface area (Å²) in [6.45, 7) is 4.94. The van der Waals surface area contributed by atoms with E-state index >= 15 is 0 Å². The molecule has 0 saturated carbocycles. The molecule has 0 N–H and O–H groups in total. The highest BCUT2D eigenvalue weighted by atomic mass is 32.2. The predicted octanol–water partition coefficient (Wildman–Crippen LogP) is 1.40. The minimum atomic E-state index is -3.23. The summed E-state index contributed by atoms with van der Waals surface area (Å²) in [5, 5.41) is 0. The van der Waals surface area contributed by atoms with Crippen molar-refractivity contribution in [3.8, 4) is 5.75 Å². The molecule has 1 amide bonds. The van der Waals surface area contributed by atoms with E-state index in [1.165, 1.54) is 16.1 Å². The summed E-state index contributed by atoms with van der Waals surface area (Å²) in [5.74, 6) is 0.753. The molecule has 0 spiro atoms. The molecule has 1 atom stereocenters. The molecule has 3 rings (SSSR count). The Morgan fingerprint density at radius 1 is 1.07 bits per heavy atom. The zero-order chi connectivity index (χ0) is 20.1. The van der Waals surface area contributed by atoms with Crippen LogP contribution in [0.4, 0.5) is 0 Å². The van der Waals surface area contributed by atoms with Gasteiger partial charge in [0.05, 0.1) is 19.3 Å². The van der Waals surface area contributed by atoms with E-state index < -0.39 is 10.0 Å². The summed E-state index contributed by atoms with van der Waals surface area (Å²) < 4.78 is 30.3. The number of piperidine rings is 1. The first kappa shape index (κ1) is 21.1. The number of amides is 1. The molecule has 2 fully saturated rings. The van der Waals surface area contributed by atoms with Gasteiger partial charge in [0.1, 0.15) is 5.75 Å². The largest absolute Gasteiger partial charge is 0.497 e. The fourth-order valence-electron chi connectivity index (χ4n) is 4.04. The molecule has 0 aliphatic carbocycles. The fourth-order valence-corrected chi connectivity index (χ4v) is 4.95. The molecule has 0 bridgehead atoms. The van der Waals surface area contributed by atoms with Crippen molar-refractivity contribution in [2.24, 2.45) is 5.92 Å². The predicted molar refractivity (Wildman–Crippen MR) is 109 cm³/mol. The van der Waals surface area contributed by atoms with Crippen LogP contribution in [0.25, 0.3) is 0 Å². The fraction of sp³-hybridized carbons (Fsp3) is 0.650. The van der Waals surface area contributed by atoms with Crippen LogP contribution in [0.3, 0.4) is 0 Å². The Morgan fingerprint density at radius 3 is 2.50 bits per heavy atom. The number of carbonyl (C=O) groups excluding carboxylic acids is 1. The molecule has 1 unspecified atom stereocenters. The normalized spacial score (nSPS) is 22.6. The lowest BCUT2D eigenvalue weighted by Crippen LogP contribution is -2.47. The third kappa shape index (κ3) is 5.46. The van der Waals surface area contributed by atoms with E-state index in [1.54, 1.807) is 7.11 Å². The van der Waals surface area contributed by atoms with Crippen molar-refractivity contribution >= 4 is 15.9 Å². The van der Waals surface area contributed by atoms with E-state index in [-0.39, 0.29) is 11.8 Å². The molecule has 8 heteroatoms. The Kier molecular flexibility index (Phi) is 6.95. The van der Waals surface area contributed by atoms with Gasteiger partial charge in [-0.3, -0.25) is 9.69 Å². The maximum absolute atomic E-state index is 13.0. The number of ether oxygens (including phenoxy) is 1.